The van der Waals surface area contributed by atoms with Crippen molar-refractivity contribution in [3.8, 4) is 11.5 Å². The topological polar surface area (TPSA) is 78.3 Å². The molecule has 3 aromatic rings. The van der Waals surface area contributed by atoms with E-state index in [9.17, 15) is 4.79 Å². The normalized spacial score (nSPS) is 14.9. The highest BCUT2D eigenvalue weighted by atomic mass is 35.5. The molecular weight excluding hydrogens is 519 g/mol. The molecule has 2 heterocycles. The van der Waals surface area contributed by atoms with Crippen molar-refractivity contribution in [1.82, 2.24) is 14.8 Å². The molecule has 1 aromatic heterocycles. The van der Waals surface area contributed by atoms with Gasteiger partial charge in [-0.1, -0.05) is 54.0 Å². The molecular formula is C26H28Cl2N4O3S. The summed E-state index contributed by atoms with van der Waals surface area (Å²) < 4.78 is 13.8. The van der Waals surface area contributed by atoms with Crippen LogP contribution in [0.5, 0.6) is 11.5 Å². The van der Waals surface area contributed by atoms with E-state index in [0.717, 1.165) is 29.0 Å². The fraction of sp³-hybridized carbons (Fsp3) is 0.346. The summed E-state index contributed by atoms with van der Waals surface area (Å²) in [6.07, 6.45) is 1.02. The van der Waals surface area contributed by atoms with Crippen LogP contribution >= 0.6 is 35.0 Å². The van der Waals surface area contributed by atoms with E-state index >= 15 is 0 Å². The number of carbonyl (C=O) groups is 1. The zero-order chi connectivity index (χ0) is 25.8. The second-order valence-corrected chi connectivity index (χ2v) is 10.2. The van der Waals surface area contributed by atoms with Gasteiger partial charge in [0.15, 0.2) is 17.3 Å². The summed E-state index contributed by atoms with van der Waals surface area (Å²) in [5.41, 5.74) is 3.13. The number of allylic oxidation sites excluding steroid dienone is 2. The molecule has 190 valence electrons. The Morgan fingerprint density at radius 3 is 2.61 bits per heavy atom. The molecule has 0 bridgehead atoms. The number of carbonyl (C=O) groups excluding carboxylic acids is 1. The Labute approximate surface area is 225 Å². The molecule has 0 amide bonds. The van der Waals surface area contributed by atoms with Gasteiger partial charge in [0.25, 0.3) is 0 Å². The quantitative estimate of drug-likeness (QED) is 0.276. The second kappa shape index (κ2) is 11.6. The monoisotopic (exact) mass is 546 g/mol. The first-order valence-corrected chi connectivity index (χ1v) is 13.5. The van der Waals surface area contributed by atoms with E-state index in [2.05, 4.69) is 17.2 Å². The molecule has 1 unspecified atom stereocenters. The maximum atomic E-state index is 12.7. The number of ether oxygens (including phenoxy) is 2. The van der Waals surface area contributed by atoms with Crippen LogP contribution in [-0.2, 0) is 11.4 Å². The van der Waals surface area contributed by atoms with Crippen LogP contribution in [0.3, 0.4) is 0 Å². The van der Waals surface area contributed by atoms with E-state index in [4.69, 9.17) is 37.8 Å². The standard InChI is InChI=1S/C26H28Cl2N4O3S/c1-5-11-36-26-30-25-29-15(3)23(16(4)33)24(32(25)31-26)18-8-10-21(22(13-18)34-6-2)35-14-17-7-9-19(27)20(28)12-17/h7-10,12-13,24H,5-6,11,14H2,1-4H3,(H,29,30,31). The molecule has 1 aliphatic heterocycles. The first-order valence-electron chi connectivity index (χ1n) is 11.7. The minimum Gasteiger partial charge on any atom is -0.490 e. The Kier molecular flexibility index (Phi) is 8.49. The van der Waals surface area contributed by atoms with Gasteiger partial charge in [0, 0.05) is 17.0 Å². The molecule has 0 radical (unpaired) electrons. The molecule has 1 aliphatic rings. The number of nitrogens with zero attached hydrogens (tertiary/aromatic N) is 3. The minimum atomic E-state index is -0.439. The predicted octanol–water partition coefficient (Wildman–Crippen LogP) is 6.94. The van der Waals surface area contributed by atoms with Crippen LogP contribution in [0.15, 0.2) is 52.8 Å². The van der Waals surface area contributed by atoms with Crippen molar-refractivity contribution < 1.29 is 14.3 Å². The number of Topliss-reactive ketones (excluding diaryl/α,β-unsaturated/α-hetero) is 1. The number of benzene rings is 2. The third kappa shape index (κ3) is 5.66. The zero-order valence-corrected chi connectivity index (χ0v) is 22.9. The van der Waals surface area contributed by atoms with Crippen molar-refractivity contribution in [2.75, 3.05) is 17.7 Å². The molecule has 0 saturated heterocycles. The second-order valence-electron chi connectivity index (χ2n) is 8.31. The molecule has 36 heavy (non-hydrogen) atoms. The highest BCUT2D eigenvalue weighted by molar-refractivity contribution is 7.99. The lowest BCUT2D eigenvalue weighted by atomic mass is 9.93. The molecule has 0 aliphatic carbocycles. The third-order valence-electron chi connectivity index (χ3n) is 5.61. The van der Waals surface area contributed by atoms with Gasteiger partial charge in [0.2, 0.25) is 11.1 Å². The highest BCUT2D eigenvalue weighted by Crippen LogP contribution is 2.40. The molecule has 0 saturated carbocycles. The first kappa shape index (κ1) is 26.4. The summed E-state index contributed by atoms with van der Waals surface area (Å²) >= 11 is 13.8. The van der Waals surface area contributed by atoms with Crippen LogP contribution in [-0.4, -0.2) is 32.9 Å². The average Bonchev–Trinajstić information content (AvgIpc) is 3.25. The summed E-state index contributed by atoms with van der Waals surface area (Å²) in [6.45, 7) is 8.24. The van der Waals surface area contributed by atoms with Crippen LogP contribution in [0.1, 0.15) is 51.3 Å². The van der Waals surface area contributed by atoms with E-state index in [0.29, 0.717) is 51.4 Å². The van der Waals surface area contributed by atoms with Crippen molar-refractivity contribution in [1.29, 1.82) is 0 Å². The molecule has 4 rings (SSSR count). The number of halogens is 2. The Morgan fingerprint density at radius 1 is 1.11 bits per heavy atom. The number of hydrogen-bond donors (Lipinski definition) is 1. The van der Waals surface area contributed by atoms with Crippen molar-refractivity contribution >= 4 is 46.7 Å². The predicted molar refractivity (Wildman–Crippen MR) is 145 cm³/mol. The van der Waals surface area contributed by atoms with Gasteiger partial charge >= 0.3 is 0 Å². The maximum absolute atomic E-state index is 12.7. The van der Waals surface area contributed by atoms with Gasteiger partial charge < -0.3 is 14.8 Å². The lowest BCUT2D eigenvalue weighted by Crippen LogP contribution is -2.27. The Balaban J connectivity index is 1.69. The molecule has 1 N–H and O–H groups in total. The van der Waals surface area contributed by atoms with E-state index in [1.807, 2.05) is 38.1 Å². The van der Waals surface area contributed by atoms with Gasteiger partial charge in [-0.15, -0.1) is 5.10 Å². The van der Waals surface area contributed by atoms with Gasteiger partial charge in [0.1, 0.15) is 12.6 Å². The number of rotatable bonds is 10. The van der Waals surface area contributed by atoms with Crippen LogP contribution in [0.2, 0.25) is 10.0 Å². The SMILES string of the molecule is CCCSc1nc2n(n1)C(c1ccc(OCc3ccc(Cl)c(Cl)c3)c(OCC)c1)C(C(C)=O)=C(C)N2. The summed E-state index contributed by atoms with van der Waals surface area (Å²) in [4.78, 5) is 17.4. The van der Waals surface area contributed by atoms with E-state index in [1.54, 1.807) is 35.5 Å². The van der Waals surface area contributed by atoms with Crippen molar-refractivity contribution in [2.24, 2.45) is 0 Å². The van der Waals surface area contributed by atoms with Crippen molar-refractivity contribution in [3.05, 3.63) is 68.8 Å². The number of anilines is 1. The van der Waals surface area contributed by atoms with Crippen molar-refractivity contribution in [2.45, 2.75) is 51.9 Å². The molecule has 0 spiro atoms. The number of thioether (sulfide) groups is 1. The van der Waals surface area contributed by atoms with Crippen LogP contribution in [0.25, 0.3) is 0 Å². The highest BCUT2D eigenvalue weighted by Gasteiger charge is 2.33. The van der Waals surface area contributed by atoms with Gasteiger partial charge in [-0.25, -0.2) is 4.68 Å². The summed E-state index contributed by atoms with van der Waals surface area (Å²) in [5.74, 6) is 2.66. The minimum absolute atomic E-state index is 0.0354. The maximum Gasteiger partial charge on any atom is 0.227 e. The fourth-order valence-corrected chi connectivity index (χ4v) is 5.03. The molecule has 10 heteroatoms. The zero-order valence-electron chi connectivity index (χ0n) is 20.6. The Hall–Kier alpha value is -2.68. The van der Waals surface area contributed by atoms with Gasteiger partial charge in [-0.3, -0.25) is 4.79 Å². The third-order valence-corrected chi connectivity index (χ3v) is 7.39. The Morgan fingerprint density at radius 2 is 1.92 bits per heavy atom. The summed E-state index contributed by atoms with van der Waals surface area (Å²) in [6, 6.07) is 10.6. The number of aromatic nitrogens is 3. The van der Waals surface area contributed by atoms with Crippen LogP contribution in [0.4, 0.5) is 5.95 Å². The molecule has 0 fully saturated rings. The number of fused-ring (bicyclic) bond motifs is 1. The largest absolute Gasteiger partial charge is 0.490 e. The Bertz CT molecular complexity index is 1310. The van der Waals surface area contributed by atoms with E-state index in [1.165, 1.54) is 0 Å². The average molecular weight is 548 g/mol. The van der Waals surface area contributed by atoms with Crippen LogP contribution in [0, 0.1) is 0 Å². The smallest absolute Gasteiger partial charge is 0.227 e. The van der Waals surface area contributed by atoms with E-state index < -0.39 is 6.04 Å². The molecule has 2 aromatic carbocycles. The van der Waals surface area contributed by atoms with Crippen molar-refractivity contribution in [3.63, 3.8) is 0 Å². The molecule has 1 atom stereocenters. The molecule has 7 nitrogen and oxygen atoms in total. The number of nitrogens with one attached hydrogen (secondary N) is 1. The summed E-state index contributed by atoms with van der Waals surface area (Å²) in [5, 5.41) is 9.62. The first-order chi connectivity index (χ1) is 17.3. The lowest BCUT2D eigenvalue weighted by Gasteiger charge is -2.28. The van der Waals surface area contributed by atoms with Crippen LogP contribution < -0.4 is 14.8 Å². The van der Waals surface area contributed by atoms with E-state index in [-0.39, 0.29) is 5.78 Å². The lowest BCUT2D eigenvalue weighted by molar-refractivity contribution is -0.114. The van der Waals surface area contributed by atoms with Gasteiger partial charge in [-0.05, 0) is 62.6 Å². The fourth-order valence-electron chi connectivity index (χ4n) is 4.02. The van der Waals surface area contributed by atoms with Gasteiger partial charge in [-0.2, -0.15) is 4.98 Å². The summed E-state index contributed by atoms with van der Waals surface area (Å²) in [7, 11) is 0. The number of hydrogen-bond acceptors (Lipinski definition) is 7. The van der Waals surface area contributed by atoms with Gasteiger partial charge in [0.05, 0.1) is 16.7 Å². The number of ketones is 1.